The molecule has 1 heterocycles. The first-order valence-corrected chi connectivity index (χ1v) is 3.75. The van der Waals surface area contributed by atoms with E-state index in [9.17, 15) is 4.79 Å². The Kier molecular flexibility index (Phi) is 1.90. The van der Waals surface area contributed by atoms with Crippen LogP contribution < -0.4 is 0 Å². The fraction of sp³-hybridized carbons (Fsp3) is 0.667. The third kappa shape index (κ3) is 1.33. The van der Waals surface area contributed by atoms with Crippen molar-refractivity contribution < 1.29 is 4.79 Å². The summed E-state index contributed by atoms with van der Waals surface area (Å²) in [6.45, 7) is 3.63. The summed E-state index contributed by atoms with van der Waals surface area (Å²) in [6.07, 6.45) is 1.73. The number of ketones is 1. The van der Waals surface area contributed by atoms with Crippen LogP contribution in [-0.4, -0.2) is 17.2 Å². The summed E-state index contributed by atoms with van der Waals surface area (Å²) in [5.41, 5.74) is 0. The van der Waals surface area contributed by atoms with Crippen LogP contribution in [-0.2, 0) is 4.79 Å². The minimum absolute atomic E-state index is 0.0648. The normalized spacial score (nSPS) is 33.1. The number of Topliss-reactive ketones (excluding diaryl/α,β-unsaturated/α-hetero) is 1. The number of carbonyl (C=O) groups is 1. The summed E-state index contributed by atoms with van der Waals surface area (Å²) in [7, 11) is 0. The maximum Gasteiger partial charge on any atom is 0.139 e. The lowest BCUT2D eigenvalue weighted by atomic mass is 10.0. The van der Waals surface area contributed by atoms with Crippen molar-refractivity contribution in [2.75, 3.05) is 0 Å². The lowest BCUT2D eigenvalue weighted by Crippen LogP contribution is -2.18. The molecule has 1 rings (SSSR count). The van der Waals surface area contributed by atoms with Gasteiger partial charge in [0.15, 0.2) is 0 Å². The highest BCUT2D eigenvalue weighted by atomic mass is 32.2. The fourth-order valence-corrected chi connectivity index (χ4v) is 1.61. The van der Waals surface area contributed by atoms with Gasteiger partial charge in [0, 0.05) is 11.5 Å². The monoisotopic (exact) mass is 143 g/mol. The Balaban J connectivity index is 2.59. The third-order valence-electron chi connectivity index (χ3n) is 1.42. The van der Waals surface area contributed by atoms with E-state index in [0.29, 0.717) is 5.25 Å². The highest BCUT2D eigenvalue weighted by molar-refractivity contribution is 7.99. The first-order valence-electron chi connectivity index (χ1n) is 2.91. The molecule has 0 aromatic rings. The largest absolute Gasteiger partial charge is 0.299 e. The second-order valence-electron chi connectivity index (χ2n) is 2.20. The molecule has 1 aliphatic heterocycles. The Bertz CT molecular complexity index is 155. The summed E-state index contributed by atoms with van der Waals surface area (Å²) in [5.74, 6) is 0.284. The molecule has 0 aliphatic carbocycles. The quantitative estimate of drug-likeness (QED) is 0.518. The molecule has 0 spiro atoms. The highest BCUT2D eigenvalue weighted by Crippen LogP contribution is 2.25. The average molecular weight is 143 g/mol. The molecular weight excluding hydrogens is 134 g/mol. The number of rotatable bonds is 1. The topological polar surface area (TPSA) is 29.4 Å². The molecule has 9 heavy (non-hydrogen) atoms. The summed E-state index contributed by atoms with van der Waals surface area (Å²) >= 11 is 1.48. The van der Waals surface area contributed by atoms with Crippen LogP contribution in [0.25, 0.3) is 0 Å². The van der Waals surface area contributed by atoms with E-state index < -0.39 is 0 Å². The van der Waals surface area contributed by atoms with Crippen LogP contribution in [0.15, 0.2) is 4.40 Å². The van der Waals surface area contributed by atoms with Gasteiger partial charge in [0.1, 0.15) is 5.78 Å². The van der Waals surface area contributed by atoms with Gasteiger partial charge in [0.05, 0.1) is 5.92 Å². The van der Waals surface area contributed by atoms with Crippen LogP contribution in [0, 0.1) is 5.92 Å². The molecule has 1 aliphatic rings. The van der Waals surface area contributed by atoms with Crippen molar-refractivity contribution in [1.29, 1.82) is 0 Å². The van der Waals surface area contributed by atoms with Gasteiger partial charge in [-0.1, -0.05) is 6.92 Å². The lowest BCUT2D eigenvalue weighted by Gasteiger charge is -2.05. The third-order valence-corrected chi connectivity index (χ3v) is 2.29. The van der Waals surface area contributed by atoms with Crippen LogP contribution in [0.2, 0.25) is 0 Å². The minimum atomic E-state index is 0.0648. The smallest absolute Gasteiger partial charge is 0.139 e. The van der Waals surface area contributed by atoms with Gasteiger partial charge in [0.2, 0.25) is 0 Å². The lowest BCUT2D eigenvalue weighted by molar-refractivity contribution is -0.118. The molecular formula is C6H9NOS. The molecule has 0 bridgehead atoms. The molecule has 0 radical (unpaired) electrons. The van der Waals surface area contributed by atoms with E-state index in [1.54, 1.807) is 13.1 Å². The molecule has 3 heteroatoms. The molecule has 0 N–H and O–H groups in total. The molecule has 0 saturated carbocycles. The van der Waals surface area contributed by atoms with E-state index in [1.165, 1.54) is 11.9 Å². The molecule has 2 unspecified atom stereocenters. The summed E-state index contributed by atoms with van der Waals surface area (Å²) < 4.78 is 3.94. The summed E-state index contributed by atoms with van der Waals surface area (Å²) in [4.78, 5) is 10.8. The second kappa shape index (κ2) is 2.52. The SMILES string of the molecule is CC(=O)C1C=NSC1C. The Morgan fingerprint density at radius 2 is 2.44 bits per heavy atom. The maximum absolute atomic E-state index is 10.8. The van der Waals surface area contributed by atoms with Gasteiger partial charge >= 0.3 is 0 Å². The molecule has 0 amide bonds. The van der Waals surface area contributed by atoms with Crippen LogP contribution in [0.5, 0.6) is 0 Å². The van der Waals surface area contributed by atoms with Crippen molar-refractivity contribution in [3.05, 3.63) is 0 Å². The van der Waals surface area contributed by atoms with Gasteiger partial charge in [-0.15, -0.1) is 0 Å². The van der Waals surface area contributed by atoms with Gasteiger partial charge in [-0.3, -0.25) is 4.79 Å². The summed E-state index contributed by atoms with van der Waals surface area (Å²) in [5, 5.41) is 0.350. The standard InChI is InChI=1S/C6H9NOS/c1-4(8)6-3-7-9-5(6)2/h3,5-6H,1-2H3. The molecule has 0 aromatic heterocycles. The van der Waals surface area contributed by atoms with E-state index >= 15 is 0 Å². The first-order chi connectivity index (χ1) is 4.22. The Hall–Kier alpha value is -0.310. The van der Waals surface area contributed by atoms with E-state index in [1.807, 2.05) is 6.92 Å². The molecule has 0 fully saturated rings. The number of carbonyl (C=O) groups excluding carboxylic acids is 1. The van der Waals surface area contributed by atoms with Crippen molar-refractivity contribution in [1.82, 2.24) is 0 Å². The highest BCUT2D eigenvalue weighted by Gasteiger charge is 2.24. The Labute approximate surface area is 58.9 Å². The van der Waals surface area contributed by atoms with Gasteiger partial charge in [-0.25, -0.2) is 4.40 Å². The van der Waals surface area contributed by atoms with Crippen LogP contribution in [0.3, 0.4) is 0 Å². The van der Waals surface area contributed by atoms with Crippen molar-refractivity contribution in [3.8, 4) is 0 Å². The van der Waals surface area contributed by atoms with Crippen molar-refractivity contribution in [2.24, 2.45) is 10.3 Å². The number of hydrogen-bond acceptors (Lipinski definition) is 3. The zero-order chi connectivity index (χ0) is 6.85. The molecule has 2 atom stereocenters. The van der Waals surface area contributed by atoms with Gasteiger partial charge in [0.25, 0.3) is 0 Å². The van der Waals surface area contributed by atoms with Gasteiger partial charge in [-0.2, -0.15) is 0 Å². The van der Waals surface area contributed by atoms with Crippen molar-refractivity contribution in [3.63, 3.8) is 0 Å². The predicted molar refractivity (Wildman–Crippen MR) is 39.7 cm³/mol. The maximum atomic E-state index is 10.8. The van der Waals surface area contributed by atoms with Crippen LogP contribution in [0.1, 0.15) is 13.8 Å². The van der Waals surface area contributed by atoms with E-state index in [2.05, 4.69) is 4.40 Å². The van der Waals surface area contributed by atoms with Crippen LogP contribution >= 0.6 is 11.9 Å². The van der Waals surface area contributed by atoms with Crippen molar-refractivity contribution >= 4 is 23.9 Å². The number of hydrogen-bond donors (Lipinski definition) is 0. The van der Waals surface area contributed by atoms with Crippen LogP contribution in [0.4, 0.5) is 0 Å². The zero-order valence-electron chi connectivity index (χ0n) is 5.50. The molecule has 0 saturated heterocycles. The molecule has 50 valence electrons. The van der Waals surface area contributed by atoms with Gasteiger partial charge < -0.3 is 0 Å². The minimum Gasteiger partial charge on any atom is -0.299 e. The fourth-order valence-electron chi connectivity index (χ4n) is 0.819. The second-order valence-corrected chi connectivity index (χ2v) is 3.37. The van der Waals surface area contributed by atoms with Crippen molar-refractivity contribution in [2.45, 2.75) is 19.1 Å². The zero-order valence-corrected chi connectivity index (χ0v) is 6.31. The molecule has 2 nitrogen and oxygen atoms in total. The van der Waals surface area contributed by atoms with E-state index in [0.717, 1.165) is 0 Å². The van der Waals surface area contributed by atoms with E-state index in [4.69, 9.17) is 0 Å². The van der Waals surface area contributed by atoms with E-state index in [-0.39, 0.29) is 11.7 Å². The first kappa shape index (κ1) is 6.81. The predicted octanol–water partition coefficient (Wildman–Crippen LogP) is 1.31. The Morgan fingerprint density at radius 1 is 1.78 bits per heavy atom. The number of nitrogens with zero attached hydrogens (tertiary/aromatic N) is 1. The van der Waals surface area contributed by atoms with Gasteiger partial charge in [-0.05, 0) is 18.9 Å². The Morgan fingerprint density at radius 3 is 2.67 bits per heavy atom. The molecule has 0 aromatic carbocycles. The average Bonchev–Trinajstić information content (AvgIpc) is 2.13. The summed E-state index contributed by atoms with van der Waals surface area (Å²) in [6, 6.07) is 0.